The molecule has 6 aromatic heterocycles. The number of hydrogen-bond acceptors (Lipinski definition) is 18. The van der Waals surface area contributed by atoms with Gasteiger partial charge in [-0.05, 0) is 113 Å². The number of halogens is 2. The monoisotopic (exact) mass is 1110 g/mol. The molecule has 4 aromatic carbocycles. The zero-order valence-corrected chi connectivity index (χ0v) is 45.8. The molecular formula is C58H56F2N18O4. The third kappa shape index (κ3) is 10.7. The first-order valence-corrected chi connectivity index (χ1v) is 26.2. The van der Waals surface area contributed by atoms with Crippen molar-refractivity contribution in [1.29, 1.82) is 0 Å². The number of carbonyl (C=O) groups is 2. The topological polar surface area (TPSA) is 228 Å². The SMILES string of the molecule is C=CC(=O)N1CCN(c2ccc3ncnc(Nc4ccc(Oc5ccc6c(c5)nnn6C)c(C)c4F)c3n2)CC1.C=CC(=O)N1CCN(c2ccc3ncnc(Nc4ccc(Oc5ccc6c(c5)nnn6C)c(C)c4F)c3n2)CC1(C)C. The molecule has 0 saturated carbocycles. The van der Waals surface area contributed by atoms with Gasteiger partial charge in [-0.3, -0.25) is 9.59 Å². The number of pyridine rings is 2. The van der Waals surface area contributed by atoms with Crippen LogP contribution in [0, 0.1) is 25.5 Å². The van der Waals surface area contributed by atoms with Crippen LogP contribution in [0.2, 0.25) is 0 Å². The van der Waals surface area contributed by atoms with Crippen LogP contribution in [0.25, 0.3) is 44.1 Å². The Labute approximate surface area is 468 Å². The number of anilines is 6. The van der Waals surface area contributed by atoms with Gasteiger partial charge in [-0.15, -0.1) is 10.2 Å². The van der Waals surface area contributed by atoms with E-state index in [1.807, 2.05) is 69.2 Å². The van der Waals surface area contributed by atoms with E-state index in [0.717, 1.165) is 22.7 Å². The number of fused-ring (bicyclic) bond motifs is 4. The summed E-state index contributed by atoms with van der Waals surface area (Å²) in [7, 11) is 3.63. The van der Waals surface area contributed by atoms with Crippen LogP contribution in [0.1, 0.15) is 25.0 Å². The summed E-state index contributed by atoms with van der Waals surface area (Å²) in [6.07, 6.45) is 5.51. The van der Waals surface area contributed by atoms with Gasteiger partial charge >= 0.3 is 0 Å². The molecule has 22 nitrogen and oxygen atoms in total. The highest BCUT2D eigenvalue weighted by molar-refractivity contribution is 5.91. The van der Waals surface area contributed by atoms with Crippen molar-refractivity contribution in [2.24, 2.45) is 14.1 Å². The summed E-state index contributed by atoms with van der Waals surface area (Å²) in [5.74, 6) is 2.93. The zero-order chi connectivity index (χ0) is 57.4. The first-order valence-electron chi connectivity index (χ1n) is 26.2. The molecule has 0 aliphatic carbocycles. The lowest BCUT2D eigenvalue weighted by atomic mass is 9.98. The summed E-state index contributed by atoms with van der Waals surface area (Å²) < 4.78 is 46.5. The van der Waals surface area contributed by atoms with Crippen LogP contribution < -0.4 is 29.9 Å². The van der Waals surface area contributed by atoms with Gasteiger partial charge in [-0.1, -0.05) is 23.6 Å². The van der Waals surface area contributed by atoms with Crippen molar-refractivity contribution >= 4 is 90.6 Å². The highest BCUT2D eigenvalue weighted by Crippen LogP contribution is 2.36. The number of piperazine rings is 2. The van der Waals surface area contributed by atoms with E-state index in [9.17, 15) is 9.59 Å². The van der Waals surface area contributed by atoms with Crippen molar-refractivity contribution in [3.8, 4) is 23.0 Å². The first kappa shape index (κ1) is 53.7. The normalized spacial score (nSPS) is 14.2. The summed E-state index contributed by atoms with van der Waals surface area (Å²) in [5, 5.41) is 22.4. The van der Waals surface area contributed by atoms with Crippen LogP contribution in [0.15, 0.2) is 123 Å². The van der Waals surface area contributed by atoms with Gasteiger partial charge in [0.05, 0.1) is 39.0 Å². The number of ether oxygens (including phenoxy) is 2. The minimum absolute atomic E-state index is 0.0775. The maximum atomic E-state index is 15.6. The van der Waals surface area contributed by atoms with Gasteiger partial charge < -0.3 is 39.7 Å². The predicted molar refractivity (Wildman–Crippen MR) is 308 cm³/mol. The molecule has 2 saturated heterocycles. The molecule has 0 unspecified atom stereocenters. The Bertz CT molecular complexity index is 4140. The number of benzene rings is 4. The average Bonchev–Trinajstić information content (AvgIpc) is 4.12. The van der Waals surface area contributed by atoms with Crippen LogP contribution in [0.4, 0.5) is 43.4 Å². The van der Waals surface area contributed by atoms with Crippen LogP contribution in [0.5, 0.6) is 23.0 Å². The fourth-order valence-electron chi connectivity index (χ4n) is 9.97. The summed E-state index contributed by atoms with van der Waals surface area (Å²) >= 11 is 0. The number of aromatic nitrogens is 12. The number of aryl methyl sites for hydroxylation is 2. The van der Waals surface area contributed by atoms with Crippen molar-refractivity contribution < 1.29 is 27.8 Å². The average molecular weight is 1110 g/mol. The molecule has 2 amide bonds. The van der Waals surface area contributed by atoms with Gasteiger partial charge in [0.1, 0.15) is 69.4 Å². The van der Waals surface area contributed by atoms with Crippen molar-refractivity contribution in [2.75, 3.05) is 66.2 Å². The summed E-state index contributed by atoms with van der Waals surface area (Å²) in [6.45, 7) is 18.7. The number of hydrogen-bond donors (Lipinski definition) is 2. The highest BCUT2D eigenvalue weighted by atomic mass is 19.1. The van der Waals surface area contributed by atoms with Crippen LogP contribution in [-0.2, 0) is 23.7 Å². The number of amides is 2. The van der Waals surface area contributed by atoms with Crippen LogP contribution in [-0.4, -0.2) is 133 Å². The van der Waals surface area contributed by atoms with E-state index >= 15 is 8.78 Å². The first-order chi connectivity index (χ1) is 39.5. The van der Waals surface area contributed by atoms with E-state index in [-0.39, 0.29) is 23.2 Å². The summed E-state index contributed by atoms with van der Waals surface area (Å²) in [4.78, 5) is 59.1. The third-order valence-corrected chi connectivity index (χ3v) is 14.5. The van der Waals surface area contributed by atoms with Crippen molar-refractivity contribution in [3.05, 3.63) is 146 Å². The van der Waals surface area contributed by atoms with E-state index in [0.29, 0.717) is 125 Å². The second kappa shape index (κ2) is 22.1. The van der Waals surface area contributed by atoms with Crippen LogP contribution >= 0.6 is 0 Å². The predicted octanol–water partition coefficient (Wildman–Crippen LogP) is 9.03. The molecule has 2 aliphatic heterocycles. The lowest BCUT2D eigenvalue weighted by Gasteiger charge is -2.47. The van der Waals surface area contributed by atoms with E-state index in [1.54, 1.807) is 76.6 Å². The lowest BCUT2D eigenvalue weighted by molar-refractivity contribution is -0.131. The Kier molecular flexibility index (Phi) is 14.5. The van der Waals surface area contributed by atoms with Crippen molar-refractivity contribution in [1.82, 2.24) is 69.7 Å². The molecule has 0 spiro atoms. The number of nitrogens with zero attached hydrogens (tertiary/aromatic N) is 16. The smallest absolute Gasteiger partial charge is 0.246 e. The number of nitrogens with one attached hydrogen (secondary N) is 2. The maximum Gasteiger partial charge on any atom is 0.246 e. The van der Waals surface area contributed by atoms with Gasteiger partial charge in [0.25, 0.3) is 0 Å². The molecule has 2 aliphatic rings. The van der Waals surface area contributed by atoms with Gasteiger partial charge in [0.15, 0.2) is 23.3 Å². The van der Waals surface area contributed by atoms with Crippen LogP contribution in [0.3, 0.4) is 0 Å². The van der Waals surface area contributed by atoms with Crippen molar-refractivity contribution in [2.45, 2.75) is 33.2 Å². The maximum absolute atomic E-state index is 15.6. The molecule has 416 valence electrons. The molecule has 0 bridgehead atoms. The Hall–Kier alpha value is -10.3. The molecule has 2 N–H and O–H groups in total. The zero-order valence-electron chi connectivity index (χ0n) is 45.8. The molecular weight excluding hydrogens is 1050 g/mol. The third-order valence-electron chi connectivity index (χ3n) is 14.5. The number of rotatable bonds is 12. The molecule has 12 rings (SSSR count). The van der Waals surface area contributed by atoms with E-state index < -0.39 is 17.2 Å². The van der Waals surface area contributed by atoms with Gasteiger partial charge in [-0.2, -0.15) is 0 Å². The largest absolute Gasteiger partial charge is 0.457 e. The van der Waals surface area contributed by atoms with Gasteiger partial charge in [0.2, 0.25) is 11.8 Å². The standard InChI is InChI=1S/C30H30FN9O2.C28H26FN9O2/c1-6-26(41)40-14-13-39(16-30(40,3)4)25-12-9-21-28(35-25)29(33-17-32-21)34-20-8-11-24(18(2)27(20)31)42-19-7-10-23-22(15-19)36-37-38(23)5;1-4-25(39)38-13-11-37(12-14-38)24-10-7-20-27(33-24)28(31-16-30-20)32-19-6-9-23(17(2)26(19)29)40-18-5-8-22-21(15-18)34-35-36(22)3/h6-12,15,17H,1,13-14,16H2,2-5H3,(H,32,33,34);4-10,15-16H,1,11-14H2,2-3H3,(H,30,31,32). The second-order valence-corrected chi connectivity index (χ2v) is 20.2. The fourth-order valence-corrected chi connectivity index (χ4v) is 9.97. The van der Waals surface area contributed by atoms with Gasteiger partial charge in [0, 0.05) is 83.2 Å². The summed E-state index contributed by atoms with van der Waals surface area (Å²) in [5.41, 5.74) is 6.09. The molecule has 10 aromatic rings. The second-order valence-electron chi connectivity index (χ2n) is 20.2. The summed E-state index contributed by atoms with van der Waals surface area (Å²) in [6, 6.07) is 25.0. The Morgan fingerprint density at radius 3 is 1.54 bits per heavy atom. The molecule has 2 fully saturated rings. The molecule has 8 heterocycles. The van der Waals surface area contributed by atoms with Gasteiger partial charge in [-0.25, -0.2) is 48.0 Å². The van der Waals surface area contributed by atoms with Crippen molar-refractivity contribution in [3.63, 3.8) is 0 Å². The molecule has 0 atom stereocenters. The minimum Gasteiger partial charge on any atom is -0.457 e. The molecule has 24 heteroatoms. The van der Waals surface area contributed by atoms with E-state index in [1.165, 1.54) is 24.8 Å². The highest BCUT2D eigenvalue weighted by Gasteiger charge is 2.36. The molecule has 0 radical (unpaired) electrons. The fraction of sp³-hybridized carbons (Fsp3) is 0.241. The Balaban J connectivity index is 0.000000172. The van der Waals surface area contributed by atoms with E-state index in [2.05, 4.69) is 74.2 Å². The quantitative estimate of drug-likeness (QED) is 0.109. The molecule has 82 heavy (non-hydrogen) atoms. The van der Waals surface area contributed by atoms with E-state index in [4.69, 9.17) is 19.4 Å². The minimum atomic E-state index is -0.472. The Morgan fingerprint density at radius 1 is 0.585 bits per heavy atom. The Morgan fingerprint density at radius 2 is 1.06 bits per heavy atom. The number of carbonyl (C=O) groups excluding carboxylic acids is 2. The lowest BCUT2D eigenvalue weighted by Crippen LogP contribution is -2.61.